The van der Waals surface area contributed by atoms with E-state index >= 15 is 0 Å². The quantitative estimate of drug-likeness (QED) is 0.910. The van der Waals surface area contributed by atoms with Gasteiger partial charge in [0.1, 0.15) is 0 Å². The largest absolute Gasteiger partial charge is 0.379 e. The van der Waals surface area contributed by atoms with Crippen LogP contribution in [-0.4, -0.2) is 55.2 Å². The molecular formula is C19H25N3O2. The monoisotopic (exact) mass is 327 g/mol. The number of carbonyl (C=O) groups excluding carboxylic acids is 1. The number of amides is 1. The Hall–Kier alpha value is -1.98. The van der Waals surface area contributed by atoms with Crippen LogP contribution in [0.2, 0.25) is 0 Å². The SMILES string of the molecule is Cc1nc2ccccc2c(C)c1CC(=O)NCCN1CCOCC1. The number of morpholine rings is 1. The Balaban J connectivity index is 1.60. The first-order chi connectivity index (χ1) is 11.6. The molecule has 0 radical (unpaired) electrons. The second-order valence-corrected chi connectivity index (χ2v) is 6.30. The zero-order valence-electron chi connectivity index (χ0n) is 14.5. The van der Waals surface area contributed by atoms with Crippen molar-refractivity contribution in [1.29, 1.82) is 0 Å². The maximum Gasteiger partial charge on any atom is 0.224 e. The van der Waals surface area contributed by atoms with Crippen LogP contribution in [0.1, 0.15) is 16.8 Å². The van der Waals surface area contributed by atoms with Crippen LogP contribution in [0.4, 0.5) is 0 Å². The average molecular weight is 327 g/mol. The lowest BCUT2D eigenvalue weighted by Crippen LogP contribution is -2.41. The summed E-state index contributed by atoms with van der Waals surface area (Å²) in [4.78, 5) is 19.3. The molecule has 2 heterocycles. The number of pyridine rings is 1. The Bertz CT molecular complexity index is 724. The van der Waals surface area contributed by atoms with E-state index in [0.717, 1.165) is 60.6 Å². The number of hydrogen-bond acceptors (Lipinski definition) is 4. The molecule has 1 saturated heterocycles. The van der Waals surface area contributed by atoms with Crippen molar-refractivity contribution in [3.63, 3.8) is 0 Å². The number of nitrogens with one attached hydrogen (secondary N) is 1. The van der Waals surface area contributed by atoms with Gasteiger partial charge in [0.25, 0.3) is 0 Å². The maximum atomic E-state index is 12.3. The van der Waals surface area contributed by atoms with E-state index in [-0.39, 0.29) is 5.91 Å². The Labute approximate surface area is 143 Å². The summed E-state index contributed by atoms with van der Waals surface area (Å²) in [6, 6.07) is 8.09. The van der Waals surface area contributed by atoms with Gasteiger partial charge in [-0.2, -0.15) is 0 Å². The van der Waals surface area contributed by atoms with E-state index in [9.17, 15) is 4.79 Å². The molecule has 0 saturated carbocycles. The molecule has 1 aliphatic rings. The van der Waals surface area contributed by atoms with Crippen LogP contribution in [0, 0.1) is 13.8 Å². The molecule has 0 bridgehead atoms. The van der Waals surface area contributed by atoms with Gasteiger partial charge in [0.15, 0.2) is 0 Å². The number of fused-ring (bicyclic) bond motifs is 1. The van der Waals surface area contributed by atoms with Crippen molar-refractivity contribution in [3.05, 3.63) is 41.1 Å². The second kappa shape index (κ2) is 7.73. The Morgan fingerprint density at radius 3 is 2.79 bits per heavy atom. The molecule has 128 valence electrons. The van der Waals surface area contributed by atoms with E-state index in [1.54, 1.807) is 0 Å². The van der Waals surface area contributed by atoms with Crippen molar-refractivity contribution in [2.45, 2.75) is 20.3 Å². The van der Waals surface area contributed by atoms with Gasteiger partial charge in [-0.05, 0) is 31.0 Å². The fourth-order valence-corrected chi connectivity index (χ4v) is 3.23. The highest BCUT2D eigenvalue weighted by atomic mass is 16.5. The van der Waals surface area contributed by atoms with Gasteiger partial charge in [0, 0.05) is 37.3 Å². The van der Waals surface area contributed by atoms with Gasteiger partial charge >= 0.3 is 0 Å². The predicted octanol–water partition coefficient (Wildman–Crippen LogP) is 1.84. The number of rotatable bonds is 5. The number of aromatic nitrogens is 1. The standard InChI is InChI=1S/C19H25N3O2/c1-14-16-5-3-4-6-18(16)21-15(2)17(14)13-19(23)20-7-8-22-9-11-24-12-10-22/h3-6H,7-13H2,1-2H3,(H,20,23). The Morgan fingerprint density at radius 2 is 2.00 bits per heavy atom. The second-order valence-electron chi connectivity index (χ2n) is 6.30. The highest BCUT2D eigenvalue weighted by Crippen LogP contribution is 2.22. The number of nitrogens with zero attached hydrogens (tertiary/aromatic N) is 2. The van der Waals surface area contributed by atoms with Gasteiger partial charge < -0.3 is 10.1 Å². The van der Waals surface area contributed by atoms with Crippen molar-refractivity contribution in [3.8, 4) is 0 Å². The fourth-order valence-electron chi connectivity index (χ4n) is 3.23. The summed E-state index contributed by atoms with van der Waals surface area (Å²) in [5.41, 5.74) is 4.12. The fraction of sp³-hybridized carbons (Fsp3) is 0.474. The predicted molar refractivity (Wildman–Crippen MR) is 95.2 cm³/mol. The molecule has 3 rings (SSSR count). The summed E-state index contributed by atoms with van der Waals surface area (Å²) >= 11 is 0. The third-order valence-electron chi connectivity index (χ3n) is 4.68. The van der Waals surface area contributed by atoms with Crippen molar-refractivity contribution >= 4 is 16.8 Å². The molecule has 1 fully saturated rings. The molecule has 0 aliphatic carbocycles. The highest BCUT2D eigenvalue weighted by Gasteiger charge is 2.14. The minimum absolute atomic E-state index is 0.0616. The molecule has 0 unspecified atom stereocenters. The van der Waals surface area contributed by atoms with Crippen LogP contribution in [0.25, 0.3) is 10.9 Å². The zero-order valence-corrected chi connectivity index (χ0v) is 14.5. The van der Waals surface area contributed by atoms with E-state index in [1.807, 2.05) is 25.1 Å². The van der Waals surface area contributed by atoms with E-state index < -0.39 is 0 Å². The third-order valence-corrected chi connectivity index (χ3v) is 4.68. The molecule has 5 heteroatoms. The minimum Gasteiger partial charge on any atom is -0.379 e. The summed E-state index contributed by atoms with van der Waals surface area (Å²) in [7, 11) is 0. The number of ether oxygens (including phenoxy) is 1. The smallest absolute Gasteiger partial charge is 0.224 e. The lowest BCUT2D eigenvalue weighted by molar-refractivity contribution is -0.120. The van der Waals surface area contributed by atoms with Gasteiger partial charge in [-0.1, -0.05) is 18.2 Å². The lowest BCUT2D eigenvalue weighted by atomic mass is 9.99. The first kappa shape index (κ1) is 16.9. The van der Waals surface area contributed by atoms with E-state index in [1.165, 1.54) is 0 Å². The van der Waals surface area contributed by atoms with Crippen LogP contribution < -0.4 is 5.32 Å². The van der Waals surface area contributed by atoms with E-state index in [2.05, 4.69) is 28.2 Å². The number of aryl methyl sites for hydroxylation is 2. The Morgan fingerprint density at radius 1 is 1.25 bits per heavy atom. The number of carbonyl (C=O) groups is 1. The molecule has 1 aromatic carbocycles. The summed E-state index contributed by atoms with van der Waals surface area (Å²) in [6.45, 7) is 9.08. The van der Waals surface area contributed by atoms with Crippen LogP contribution in [0.15, 0.2) is 24.3 Å². The molecule has 0 spiro atoms. The first-order valence-electron chi connectivity index (χ1n) is 8.57. The third kappa shape index (κ3) is 3.91. The van der Waals surface area contributed by atoms with Gasteiger partial charge in [0.2, 0.25) is 5.91 Å². The molecule has 1 aliphatic heterocycles. The van der Waals surface area contributed by atoms with Crippen LogP contribution in [-0.2, 0) is 16.0 Å². The summed E-state index contributed by atoms with van der Waals surface area (Å²) in [5, 5.41) is 4.16. The Kier molecular flexibility index (Phi) is 5.43. The summed E-state index contributed by atoms with van der Waals surface area (Å²) < 4.78 is 5.33. The molecule has 1 aromatic heterocycles. The topological polar surface area (TPSA) is 54.5 Å². The van der Waals surface area contributed by atoms with Gasteiger partial charge in [0.05, 0.1) is 25.2 Å². The molecule has 2 aromatic rings. The highest BCUT2D eigenvalue weighted by molar-refractivity contribution is 5.86. The number of benzene rings is 1. The molecule has 5 nitrogen and oxygen atoms in total. The van der Waals surface area contributed by atoms with E-state index in [0.29, 0.717) is 13.0 Å². The average Bonchev–Trinajstić information content (AvgIpc) is 2.59. The van der Waals surface area contributed by atoms with Crippen molar-refractivity contribution < 1.29 is 9.53 Å². The molecule has 1 N–H and O–H groups in total. The molecular weight excluding hydrogens is 302 g/mol. The van der Waals surface area contributed by atoms with Gasteiger partial charge in [-0.15, -0.1) is 0 Å². The van der Waals surface area contributed by atoms with Gasteiger partial charge in [-0.3, -0.25) is 14.7 Å². The summed E-state index contributed by atoms with van der Waals surface area (Å²) in [6.07, 6.45) is 0.388. The summed E-state index contributed by atoms with van der Waals surface area (Å²) in [5.74, 6) is 0.0616. The normalized spacial score (nSPS) is 15.6. The molecule has 0 atom stereocenters. The van der Waals surface area contributed by atoms with Crippen molar-refractivity contribution in [1.82, 2.24) is 15.2 Å². The minimum atomic E-state index is 0.0616. The number of para-hydroxylation sites is 1. The first-order valence-corrected chi connectivity index (χ1v) is 8.57. The van der Waals surface area contributed by atoms with Crippen LogP contribution >= 0.6 is 0 Å². The van der Waals surface area contributed by atoms with Crippen LogP contribution in [0.5, 0.6) is 0 Å². The van der Waals surface area contributed by atoms with Gasteiger partial charge in [-0.25, -0.2) is 0 Å². The molecule has 24 heavy (non-hydrogen) atoms. The molecule has 1 amide bonds. The number of hydrogen-bond donors (Lipinski definition) is 1. The lowest BCUT2D eigenvalue weighted by Gasteiger charge is -2.26. The van der Waals surface area contributed by atoms with Crippen LogP contribution in [0.3, 0.4) is 0 Å². The van der Waals surface area contributed by atoms with E-state index in [4.69, 9.17) is 4.74 Å². The van der Waals surface area contributed by atoms with Crippen molar-refractivity contribution in [2.75, 3.05) is 39.4 Å². The maximum absolute atomic E-state index is 12.3. The van der Waals surface area contributed by atoms with Crippen molar-refractivity contribution in [2.24, 2.45) is 0 Å². The zero-order chi connectivity index (χ0) is 16.9.